The van der Waals surface area contributed by atoms with Crippen molar-refractivity contribution in [1.82, 2.24) is 0 Å². The Morgan fingerprint density at radius 1 is 0.500 bits per heavy atom. The average Bonchev–Trinajstić information content (AvgIpc) is 2.18. The van der Waals surface area contributed by atoms with Gasteiger partial charge in [0.1, 0.15) is 0 Å². The van der Waals surface area contributed by atoms with E-state index in [1.165, 1.54) is 0 Å². The smallest absolute Gasteiger partial charge is 0.200 e. The van der Waals surface area contributed by atoms with E-state index in [1.54, 1.807) is 0 Å². The molecule has 1 aromatic rings. The highest BCUT2D eigenvalue weighted by Gasteiger charge is 2.33. The summed E-state index contributed by atoms with van der Waals surface area (Å²) in [6.07, 6.45) is 0. The molecule has 0 spiro atoms. The molecular weight excluding hydrogens is 252 g/mol. The zero-order chi connectivity index (χ0) is 12.6. The van der Waals surface area contributed by atoms with Crippen molar-refractivity contribution in [3.05, 3.63) is 23.3 Å². The standard InChI is InChI=1S/C6F8N2/c7-1-2(8)4(10)6(16(13)14)5(3(1)9)15(11)12. The van der Waals surface area contributed by atoms with Crippen LogP contribution in [-0.2, 0) is 0 Å². The van der Waals surface area contributed by atoms with Crippen LogP contribution >= 0.6 is 0 Å². The first-order valence-corrected chi connectivity index (χ1v) is 3.38. The van der Waals surface area contributed by atoms with Crippen molar-refractivity contribution in [2.24, 2.45) is 0 Å². The fraction of sp³-hybridized carbons (Fsp3) is 0. The number of hydrogen-bond donors (Lipinski definition) is 0. The summed E-state index contributed by atoms with van der Waals surface area (Å²) in [5.41, 5.74) is -4.80. The van der Waals surface area contributed by atoms with Gasteiger partial charge < -0.3 is 0 Å². The summed E-state index contributed by atoms with van der Waals surface area (Å²) >= 11 is 0. The van der Waals surface area contributed by atoms with Crippen LogP contribution in [0.2, 0.25) is 0 Å². The maximum Gasteiger partial charge on any atom is 0.200 e. The number of halogens is 8. The van der Waals surface area contributed by atoms with Crippen molar-refractivity contribution in [2.75, 3.05) is 10.7 Å². The van der Waals surface area contributed by atoms with E-state index in [2.05, 4.69) is 0 Å². The third kappa shape index (κ3) is 1.70. The van der Waals surface area contributed by atoms with Crippen LogP contribution in [0.4, 0.5) is 46.9 Å². The topological polar surface area (TPSA) is 6.48 Å². The fourth-order valence-electron chi connectivity index (χ4n) is 0.917. The Morgan fingerprint density at radius 2 is 0.750 bits per heavy atom. The molecule has 0 aromatic heterocycles. The van der Waals surface area contributed by atoms with Gasteiger partial charge in [0.25, 0.3) is 0 Å². The Bertz CT molecular complexity index is 379. The molecule has 0 radical (unpaired) electrons. The number of hydrogen-bond acceptors (Lipinski definition) is 2. The molecule has 0 unspecified atom stereocenters. The third-order valence-corrected chi connectivity index (χ3v) is 1.56. The molecule has 2 nitrogen and oxygen atoms in total. The quantitative estimate of drug-likeness (QED) is 0.344. The van der Waals surface area contributed by atoms with Gasteiger partial charge in [-0.2, -0.15) is 0 Å². The summed E-state index contributed by atoms with van der Waals surface area (Å²) in [7, 11) is 0. The van der Waals surface area contributed by atoms with Crippen LogP contribution in [0.5, 0.6) is 0 Å². The van der Waals surface area contributed by atoms with Crippen molar-refractivity contribution >= 4 is 11.4 Å². The van der Waals surface area contributed by atoms with Gasteiger partial charge >= 0.3 is 0 Å². The second-order valence-electron chi connectivity index (χ2n) is 2.42. The number of rotatable bonds is 2. The summed E-state index contributed by atoms with van der Waals surface area (Å²) in [4.78, 5) is 0. The van der Waals surface area contributed by atoms with Crippen LogP contribution in [0.15, 0.2) is 0 Å². The first-order chi connectivity index (χ1) is 7.29. The molecule has 0 aliphatic rings. The SMILES string of the molecule is Fc1c(F)c(F)c(N(F)F)c(N(F)F)c1F. The molecule has 0 saturated heterocycles. The minimum absolute atomic E-state index is 2.29. The van der Waals surface area contributed by atoms with Crippen LogP contribution in [0, 0.1) is 23.3 Å². The van der Waals surface area contributed by atoms with E-state index in [9.17, 15) is 35.5 Å². The molecule has 1 rings (SSSR count). The Hall–Kier alpha value is -1.74. The van der Waals surface area contributed by atoms with Gasteiger partial charge in [-0.15, -0.1) is 0 Å². The zero-order valence-electron chi connectivity index (χ0n) is 6.92. The predicted molar refractivity (Wildman–Crippen MR) is 35.7 cm³/mol. The molecule has 0 fully saturated rings. The highest BCUT2D eigenvalue weighted by molar-refractivity contribution is 5.69. The molecule has 0 bridgehead atoms. The van der Waals surface area contributed by atoms with Crippen LogP contribution < -0.4 is 10.7 Å². The summed E-state index contributed by atoms with van der Waals surface area (Å²) < 4.78 is 97.9. The van der Waals surface area contributed by atoms with Crippen LogP contribution in [0.25, 0.3) is 0 Å². The third-order valence-electron chi connectivity index (χ3n) is 1.56. The van der Waals surface area contributed by atoms with Gasteiger partial charge in [0.15, 0.2) is 34.6 Å². The molecule has 0 aliphatic heterocycles. The molecule has 16 heavy (non-hydrogen) atoms. The average molecular weight is 252 g/mol. The Labute approximate surface area is 82.0 Å². The fourth-order valence-corrected chi connectivity index (χ4v) is 0.917. The van der Waals surface area contributed by atoms with E-state index >= 15 is 0 Å². The molecule has 10 heteroatoms. The molecule has 0 aliphatic carbocycles. The number of nitrogens with zero attached hydrogens (tertiary/aromatic N) is 2. The van der Waals surface area contributed by atoms with Crippen molar-refractivity contribution in [3.8, 4) is 0 Å². The highest BCUT2D eigenvalue weighted by atomic mass is 19.4. The Kier molecular flexibility index (Phi) is 3.10. The lowest BCUT2D eigenvalue weighted by atomic mass is 10.2. The van der Waals surface area contributed by atoms with Crippen LogP contribution in [0.1, 0.15) is 0 Å². The second-order valence-corrected chi connectivity index (χ2v) is 2.42. The van der Waals surface area contributed by atoms with Gasteiger partial charge in [-0.25, -0.2) is 17.6 Å². The van der Waals surface area contributed by atoms with Gasteiger partial charge in [-0.1, -0.05) is 17.9 Å². The van der Waals surface area contributed by atoms with Crippen LogP contribution in [0.3, 0.4) is 0 Å². The number of anilines is 2. The first kappa shape index (κ1) is 12.3. The minimum atomic E-state index is -2.63. The summed E-state index contributed by atoms with van der Waals surface area (Å²) in [6, 6.07) is 0. The van der Waals surface area contributed by atoms with E-state index < -0.39 is 45.3 Å². The molecule has 0 heterocycles. The largest absolute Gasteiger partial charge is 0.201 e. The monoisotopic (exact) mass is 252 g/mol. The van der Waals surface area contributed by atoms with Crippen molar-refractivity contribution < 1.29 is 35.5 Å². The molecule has 0 N–H and O–H groups in total. The molecule has 0 amide bonds. The van der Waals surface area contributed by atoms with Crippen molar-refractivity contribution in [3.63, 3.8) is 0 Å². The van der Waals surface area contributed by atoms with Gasteiger partial charge in [0.05, 0.1) is 0 Å². The lowest BCUT2D eigenvalue weighted by Gasteiger charge is -2.12. The van der Waals surface area contributed by atoms with E-state index in [1.807, 2.05) is 0 Å². The van der Waals surface area contributed by atoms with Gasteiger partial charge in [0.2, 0.25) is 0 Å². The predicted octanol–water partition coefficient (Wildman–Crippen LogP) is 3.39. The van der Waals surface area contributed by atoms with E-state index in [0.717, 1.165) is 0 Å². The number of benzene rings is 1. The van der Waals surface area contributed by atoms with Crippen molar-refractivity contribution in [2.45, 2.75) is 0 Å². The lowest BCUT2D eigenvalue weighted by molar-refractivity contribution is 0.208. The summed E-state index contributed by atoms with van der Waals surface area (Å²) in [5, 5.41) is -4.58. The summed E-state index contributed by atoms with van der Waals surface area (Å²) in [6.45, 7) is 0. The molecule has 0 saturated carbocycles. The van der Waals surface area contributed by atoms with E-state index in [0.29, 0.717) is 0 Å². The lowest BCUT2D eigenvalue weighted by Crippen LogP contribution is -2.13. The zero-order valence-corrected chi connectivity index (χ0v) is 6.92. The molecule has 1 aromatic carbocycles. The van der Waals surface area contributed by atoms with Gasteiger partial charge in [-0.05, 0) is 10.7 Å². The molecule has 90 valence electrons. The second kappa shape index (κ2) is 4.02. The maximum absolute atomic E-state index is 12.7. The normalized spacial score (nSPS) is 10.5. The highest BCUT2D eigenvalue weighted by Crippen LogP contribution is 2.39. The Morgan fingerprint density at radius 3 is 0.938 bits per heavy atom. The van der Waals surface area contributed by atoms with E-state index in [4.69, 9.17) is 0 Å². The first-order valence-electron chi connectivity index (χ1n) is 3.38. The molecule has 0 atom stereocenters. The van der Waals surface area contributed by atoms with Gasteiger partial charge in [-0.3, -0.25) is 0 Å². The van der Waals surface area contributed by atoms with Crippen LogP contribution in [-0.4, -0.2) is 0 Å². The van der Waals surface area contributed by atoms with Gasteiger partial charge in [0, 0.05) is 0 Å². The molecular formula is C6F8N2. The Balaban J connectivity index is 3.69. The van der Waals surface area contributed by atoms with E-state index in [-0.39, 0.29) is 0 Å². The van der Waals surface area contributed by atoms with Crippen molar-refractivity contribution in [1.29, 1.82) is 0 Å². The minimum Gasteiger partial charge on any atom is -0.201 e. The summed E-state index contributed by atoms with van der Waals surface area (Å²) in [5.74, 6) is -10.5. The maximum atomic E-state index is 12.7.